The lowest BCUT2D eigenvalue weighted by atomic mass is 10.0. The highest BCUT2D eigenvalue weighted by Crippen LogP contribution is 2.41. The number of amides is 2. The zero-order chi connectivity index (χ0) is 29.8. The van der Waals surface area contributed by atoms with E-state index >= 15 is 0 Å². The summed E-state index contributed by atoms with van der Waals surface area (Å²) in [6.45, 7) is 2.40. The van der Waals surface area contributed by atoms with E-state index < -0.39 is 41.1 Å². The lowest BCUT2D eigenvalue weighted by molar-refractivity contribution is -0.150. The number of thiazole rings is 1. The minimum absolute atomic E-state index is 0.00796. The van der Waals surface area contributed by atoms with Crippen LogP contribution in [0.15, 0.2) is 46.1 Å². The Morgan fingerprint density at radius 3 is 2.49 bits per heavy atom. The number of fused-ring (bicyclic) bond motifs is 1. The van der Waals surface area contributed by atoms with Crippen LogP contribution < -0.4 is 20.5 Å². The average molecular weight is 602 g/mol. The molecule has 2 aliphatic rings. The molecule has 0 spiro atoms. The van der Waals surface area contributed by atoms with Crippen LogP contribution in [0.5, 0.6) is 11.5 Å². The summed E-state index contributed by atoms with van der Waals surface area (Å²) >= 11 is 2.36. The van der Waals surface area contributed by atoms with Gasteiger partial charge in [-0.25, -0.2) is 9.78 Å². The number of aliphatic carboxylic acids is 1. The molecule has 214 valence electrons. The second-order valence-electron chi connectivity index (χ2n) is 8.46. The molecular weight excluding hydrogens is 578 g/mol. The Kier molecular flexibility index (Phi) is 8.73. The minimum Gasteiger partial charge on any atom is -0.477 e. The number of hydrogen-bond acceptors (Lipinski definition) is 13. The number of rotatable bonds is 9. The molecule has 0 saturated carbocycles. The summed E-state index contributed by atoms with van der Waals surface area (Å²) in [5.41, 5.74) is 6.25. The minimum atomic E-state index is -1.32. The Balaban J connectivity index is 1.55. The van der Waals surface area contributed by atoms with Gasteiger partial charge in [0.1, 0.15) is 29.9 Å². The first kappa shape index (κ1) is 29.3. The number of carboxylic acid groups (broad SMARTS) is 1. The van der Waals surface area contributed by atoms with Crippen LogP contribution in [0.4, 0.5) is 5.13 Å². The van der Waals surface area contributed by atoms with E-state index in [2.05, 4.69) is 15.5 Å². The predicted octanol–water partition coefficient (Wildman–Crippen LogP) is 1.38. The van der Waals surface area contributed by atoms with Gasteiger partial charge in [-0.3, -0.25) is 24.1 Å². The third-order valence-electron chi connectivity index (χ3n) is 5.60. The van der Waals surface area contributed by atoms with Crippen molar-refractivity contribution in [3.05, 3.63) is 52.2 Å². The number of anilines is 1. The summed E-state index contributed by atoms with van der Waals surface area (Å²) < 4.78 is 10.2. The number of allylic oxidation sites excluding steroid dienone is 1. The van der Waals surface area contributed by atoms with Crippen molar-refractivity contribution in [1.82, 2.24) is 15.2 Å². The molecule has 2 atom stereocenters. The van der Waals surface area contributed by atoms with Gasteiger partial charge < -0.3 is 30.5 Å². The molecule has 1 aromatic carbocycles. The van der Waals surface area contributed by atoms with Crippen LogP contribution in [0.2, 0.25) is 0 Å². The molecule has 0 aliphatic carbocycles. The number of hydrogen-bond donors (Lipinski definition) is 3. The van der Waals surface area contributed by atoms with E-state index in [9.17, 15) is 29.1 Å². The van der Waals surface area contributed by atoms with Gasteiger partial charge in [0, 0.05) is 25.0 Å². The number of nitrogens with one attached hydrogen (secondary N) is 1. The van der Waals surface area contributed by atoms with E-state index in [0.717, 1.165) is 16.2 Å². The molecule has 0 bridgehead atoms. The molecular formula is C25H23N5O9S2. The standard InChI is InChI=1S/C25H23N5O9S2/c1-11(31)38-16-7-5-13(8-17(16)39-12(2)32)4-6-14-9-40-23-19(22(34)30(23)20(14)24(35)36)28-21(33)18(29-37-3)15-10-41-25(26)27-15/h4-8,10,19,23H,9H2,1-3H3,(H2,26,27)(H,28,33)(H,35,36)/t19-,23-/m1/s1. The number of oxime groups is 1. The Morgan fingerprint density at radius 1 is 1.17 bits per heavy atom. The highest BCUT2D eigenvalue weighted by atomic mass is 32.2. The predicted molar refractivity (Wildman–Crippen MR) is 148 cm³/mol. The normalized spacial score (nSPS) is 18.5. The summed E-state index contributed by atoms with van der Waals surface area (Å²) in [5.74, 6) is -3.63. The third-order valence-corrected chi connectivity index (χ3v) is 7.58. The van der Waals surface area contributed by atoms with E-state index in [1.165, 1.54) is 56.3 Å². The van der Waals surface area contributed by atoms with Crippen LogP contribution in [0.1, 0.15) is 25.1 Å². The van der Waals surface area contributed by atoms with Crippen molar-refractivity contribution in [3.63, 3.8) is 0 Å². The molecule has 1 fully saturated rings. The maximum absolute atomic E-state index is 13.0. The van der Waals surface area contributed by atoms with Crippen LogP contribution in [0, 0.1) is 0 Å². The topological polar surface area (TPSA) is 200 Å². The fraction of sp³-hybridized carbons (Fsp3) is 0.240. The summed E-state index contributed by atoms with van der Waals surface area (Å²) in [6.07, 6.45) is 3.10. The van der Waals surface area contributed by atoms with Crippen molar-refractivity contribution in [2.45, 2.75) is 25.3 Å². The van der Waals surface area contributed by atoms with Gasteiger partial charge in [-0.15, -0.1) is 23.1 Å². The van der Waals surface area contributed by atoms with E-state index in [4.69, 9.17) is 20.0 Å². The number of nitrogens with zero attached hydrogens (tertiary/aromatic N) is 3. The zero-order valence-electron chi connectivity index (χ0n) is 21.8. The number of thioether (sulfide) groups is 1. The van der Waals surface area contributed by atoms with Crippen LogP contribution in [0.3, 0.4) is 0 Å². The average Bonchev–Trinajstić information content (AvgIpc) is 3.34. The monoisotopic (exact) mass is 601 g/mol. The van der Waals surface area contributed by atoms with Crippen LogP contribution in [-0.4, -0.2) is 74.7 Å². The van der Waals surface area contributed by atoms with E-state index in [0.29, 0.717) is 11.1 Å². The lowest BCUT2D eigenvalue weighted by Gasteiger charge is -2.49. The first-order valence-electron chi connectivity index (χ1n) is 11.7. The number of carboxylic acids is 1. The van der Waals surface area contributed by atoms with Crippen LogP contribution in [0.25, 0.3) is 6.08 Å². The maximum atomic E-state index is 13.0. The molecule has 4 rings (SSSR count). The third kappa shape index (κ3) is 6.38. The van der Waals surface area contributed by atoms with Crippen molar-refractivity contribution in [2.24, 2.45) is 5.16 Å². The van der Waals surface area contributed by atoms with Crippen LogP contribution >= 0.6 is 23.1 Å². The van der Waals surface area contributed by atoms with Gasteiger partial charge in [-0.1, -0.05) is 23.4 Å². The Hall–Kier alpha value is -4.70. The van der Waals surface area contributed by atoms with Crippen molar-refractivity contribution < 1.29 is 43.4 Å². The van der Waals surface area contributed by atoms with E-state index in [1.807, 2.05) is 0 Å². The number of benzene rings is 1. The van der Waals surface area contributed by atoms with E-state index in [-0.39, 0.29) is 39.5 Å². The van der Waals surface area contributed by atoms with Gasteiger partial charge in [0.15, 0.2) is 22.3 Å². The lowest BCUT2D eigenvalue weighted by Crippen LogP contribution is -2.71. The summed E-state index contributed by atoms with van der Waals surface area (Å²) in [5, 5.41) is 17.3. The van der Waals surface area contributed by atoms with Gasteiger partial charge in [-0.05, 0) is 23.3 Å². The molecule has 3 heterocycles. The molecule has 41 heavy (non-hydrogen) atoms. The molecule has 4 N–H and O–H groups in total. The first-order chi connectivity index (χ1) is 19.5. The smallest absolute Gasteiger partial charge is 0.352 e. The number of aromatic nitrogens is 1. The van der Waals surface area contributed by atoms with Gasteiger partial charge in [0.25, 0.3) is 11.8 Å². The summed E-state index contributed by atoms with van der Waals surface area (Å²) in [4.78, 5) is 70.9. The Bertz CT molecular complexity index is 1530. The van der Waals surface area contributed by atoms with Gasteiger partial charge >= 0.3 is 17.9 Å². The second-order valence-corrected chi connectivity index (χ2v) is 10.5. The molecule has 2 amide bonds. The van der Waals surface area contributed by atoms with Crippen molar-refractivity contribution in [2.75, 3.05) is 18.6 Å². The molecule has 0 radical (unpaired) electrons. The van der Waals surface area contributed by atoms with Crippen molar-refractivity contribution >= 4 is 69.7 Å². The molecule has 0 unspecified atom stereocenters. The fourth-order valence-electron chi connectivity index (χ4n) is 3.97. The van der Waals surface area contributed by atoms with Gasteiger partial charge in [-0.2, -0.15) is 0 Å². The molecule has 2 aromatic rings. The molecule has 2 aliphatic heterocycles. The summed E-state index contributed by atoms with van der Waals surface area (Å²) in [7, 11) is 1.25. The quantitative estimate of drug-likeness (QED) is 0.123. The number of carbonyl (C=O) groups excluding carboxylic acids is 4. The number of β-lactam (4-membered cyclic amide) rings is 1. The van der Waals surface area contributed by atoms with E-state index in [1.54, 1.807) is 12.1 Å². The van der Waals surface area contributed by atoms with Crippen LogP contribution in [-0.2, 0) is 28.8 Å². The van der Waals surface area contributed by atoms with Crippen molar-refractivity contribution in [3.8, 4) is 11.5 Å². The number of nitrogens with two attached hydrogens (primary N) is 1. The molecule has 16 heteroatoms. The Labute approximate surface area is 240 Å². The maximum Gasteiger partial charge on any atom is 0.352 e. The SMILES string of the molecule is CON=C(C(=O)N[C@@H]1C(=O)N2C(C(=O)O)=C(C=Cc3ccc(OC(C)=O)c(OC(C)=O)c3)CS[C@H]12)c1csc(N)n1. The Morgan fingerprint density at radius 2 is 1.88 bits per heavy atom. The molecule has 1 saturated heterocycles. The largest absolute Gasteiger partial charge is 0.477 e. The first-order valence-corrected chi connectivity index (χ1v) is 13.7. The zero-order valence-corrected chi connectivity index (χ0v) is 23.4. The van der Waals surface area contributed by atoms with Crippen molar-refractivity contribution in [1.29, 1.82) is 0 Å². The summed E-state index contributed by atoms with van der Waals surface area (Å²) in [6, 6.07) is 3.46. The van der Waals surface area contributed by atoms with Gasteiger partial charge in [0.05, 0.1) is 0 Å². The fourth-order valence-corrected chi connectivity index (χ4v) is 5.84. The highest BCUT2D eigenvalue weighted by molar-refractivity contribution is 8.00. The molecule has 14 nitrogen and oxygen atoms in total. The number of esters is 2. The number of carbonyl (C=O) groups is 5. The highest BCUT2D eigenvalue weighted by Gasteiger charge is 2.54. The number of nitrogen functional groups attached to an aromatic ring is 1. The second kappa shape index (κ2) is 12.2. The molecule has 1 aromatic heterocycles. The number of ether oxygens (including phenoxy) is 2. The van der Waals surface area contributed by atoms with Gasteiger partial charge in [0.2, 0.25) is 0 Å².